The molecule has 1 N–H and O–H groups in total. The van der Waals surface area contributed by atoms with E-state index in [1.54, 1.807) is 4.90 Å². The van der Waals surface area contributed by atoms with E-state index >= 15 is 0 Å². The zero-order chi connectivity index (χ0) is 19.6. The van der Waals surface area contributed by atoms with E-state index in [0.717, 1.165) is 28.3 Å². The van der Waals surface area contributed by atoms with E-state index in [4.69, 9.17) is 4.74 Å². The molecule has 2 amide bonds. The van der Waals surface area contributed by atoms with Gasteiger partial charge in [-0.2, -0.15) is 0 Å². The molecule has 2 aromatic carbocycles. The van der Waals surface area contributed by atoms with Gasteiger partial charge in [0.2, 0.25) is 11.8 Å². The molecule has 142 valence electrons. The number of carbonyl (C=O) groups is 2. The average Bonchev–Trinajstić information content (AvgIpc) is 2.96. The number of hydrogen-bond donors (Lipinski definition) is 1. The summed E-state index contributed by atoms with van der Waals surface area (Å²) in [6.45, 7) is 8.32. The molecule has 1 unspecified atom stereocenters. The summed E-state index contributed by atoms with van der Waals surface area (Å²) in [5.41, 5.74) is 3.76. The maximum atomic E-state index is 12.6. The molecule has 1 heterocycles. The van der Waals surface area contributed by atoms with E-state index in [0.29, 0.717) is 6.54 Å². The summed E-state index contributed by atoms with van der Waals surface area (Å²) in [5, 5.41) is 2.95. The van der Waals surface area contributed by atoms with Gasteiger partial charge in [0.25, 0.3) is 0 Å². The predicted molar refractivity (Wildman–Crippen MR) is 107 cm³/mol. The van der Waals surface area contributed by atoms with Crippen molar-refractivity contribution in [1.29, 1.82) is 0 Å². The molecule has 5 heteroatoms. The minimum Gasteiger partial charge on any atom is -0.491 e. The molecule has 0 aliphatic carbocycles. The van der Waals surface area contributed by atoms with E-state index in [-0.39, 0.29) is 30.3 Å². The Hall–Kier alpha value is -2.82. The molecular weight excluding hydrogens is 340 g/mol. The minimum absolute atomic E-state index is 0.0342. The second-order valence-electron chi connectivity index (χ2n) is 7.43. The molecular formula is C22H26N2O3. The largest absolute Gasteiger partial charge is 0.491 e. The first-order valence-electron chi connectivity index (χ1n) is 9.28. The fourth-order valence-electron chi connectivity index (χ4n) is 3.40. The van der Waals surface area contributed by atoms with Crippen LogP contribution in [0.3, 0.4) is 0 Å². The summed E-state index contributed by atoms with van der Waals surface area (Å²) in [4.78, 5) is 26.7. The van der Waals surface area contributed by atoms with Gasteiger partial charge in [0, 0.05) is 24.3 Å². The van der Waals surface area contributed by atoms with Gasteiger partial charge in [0.05, 0.1) is 12.0 Å². The summed E-state index contributed by atoms with van der Waals surface area (Å²) in [6.07, 6.45) is 0.323. The minimum atomic E-state index is -0.357. The molecule has 1 saturated heterocycles. The zero-order valence-electron chi connectivity index (χ0n) is 16.3. The van der Waals surface area contributed by atoms with Crippen LogP contribution in [-0.2, 0) is 9.59 Å². The number of benzene rings is 2. The van der Waals surface area contributed by atoms with E-state index in [1.807, 2.05) is 64.1 Å². The first-order valence-corrected chi connectivity index (χ1v) is 9.28. The van der Waals surface area contributed by atoms with Crippen molar-refractivity contribution in [1.82, 2.24) is 0 Å². The average molecular weight is 366 g/mol. The SMILES string of the molecule is Cc1cc(C)cc(NC(=O)C2CC(=O)N(c3ccc(OC(C)C)cc3)C2)c1. The van der Waals surface area contributed by atoms with E-state index < -0.39 is 0 Å². The fraction of sp³-hybridized carbons (Fsp3) is 0.364. The Balaban J connectivity index is 1.66. The normalized spacial score (nSPS) is 16.7. The molecule has 3 rings (SSSR count). The predicted octanol–water partition coefficient (Wildman–Crippen LogP) is 4.08. The third kappa shape index (κ3) is 4.67. The highest BCUT2D eigenvalue weighted by molar-refractivity contribution is 6.03. The van der Waals surface area contributed by atoms with Gasteiger partial charge in [-0.25, -0.2) is 0 Å². The number of amides is 2. The molecule has 1 aliphatic rings. The van der Waals surface area contributed by atoms with Crippen LogP contribution in [0.4, 0.5) is 11.4 Å². The lowest BCUT2D eigenvalue weighted by Gasteiger charge is -2.18. The first-order chi connectivity index (χ1) is 12.8. The quantitative estimate of drug-likeness (QED) is 0.867. The van der Waals surface area contributed by atoms with Gasteiger partial charge in [-0.15, -0.1) is 0 Å². The number of rotatable bonds is 5. The van der Waals surface area contributed by atoms with Crippen molar-refractivity contribution in [3.8, 4) is 5.75 Å². The van der Waals surface area contributed by atoms with Gasteiger partial charge in [0.15, 0.2) is 0 Å². The van der Waals surface area contributed by atoms with Crippen LogP contribution in [0.25, 0.3) is 0 Å². The molecule has 0 saturated carbocycles. The molecule has 1 atom stereocenters. The number of anilines is 2. The van der Waals surface area contributed by atoms with Gasteiger partial charge in [-0.3, -0.25) is 9.59 Å². The van der Waals surface area contributed by atoms with Gasteiger partial charge in [-0.1, -0.05) is 6.07 Å². The standard InChI is InChI=1S/C22H26N2O3/c1-14(2)27-20-7-5-19(6-8-20)24-13-17(12-21(24)25)22(26)23-18-10-15(3)9-16(4)11-18/h5-11,14,17H,12-13H2,1-4H3,(H,23,26). The summed E-state index contributed by atoms with van der Waals surface area (Å²) in [5.74, 6) is 0.262. The van der Waals surface area contributed by atoms with Crippen LogP contribution < -0.4 is 15.0 Å². The lowest BCUT2D eigenvalue weighted by Crippen LogP contribution is -2.28. The molecule has 5 nitrogen and oxygen atoms in total. The lowest BCUT2D eigenvalue weighted by atomic mass is 10.1. The zero-order valence-corrected chi connectivity index (χ0v) is 16.3. The Morgan fingerprint density at radius 3 is 2.33 bits per heavy atom. The maximum Gasteiger partial charge on any atom is 0.229 e. The first kappa shape index (κ1) is 19.0. The summed E-state index contributed by atoms with van der Waals surface area (Å²) < 4.78 is 5.64. The van der Waals surface area contributed by atoms with Gasteiger partial charge < -0.3 is 15.0 Å². The van der Waals surface area contributed by atoms with Gasteiger partial charge >= 0.3 is 0 Å². The molecule has 27 heavy (non-hydrogen) atoms. The van der Waals surface area contributed by atoms with Crippen LogP contribution in [0.2, 0.25) is 0 Å². The highest BCUT2D eigenvalue weighted by Gasteiger charge is 2.35. The van der Waals surface area contributed by atoms with Crippen molar-refractivity contribution in [2.45, 2.75) is 40.2 Å². The molecule has 0 radical (unpaired) electrons. The monoisotopic (exact) mass is 366 g/mol. The van der Waals surface area contributed by atoms with E-state index in [2.05, 4.69) is 11.4 Å². The van der Waals surface area contributed by atoms with Crippen molar-refractivity contribution < 1.29 is 14.3 Å². The Labute approximate surface area is 160 Å². The molecule has 0 spiro atoms. The van der Waals surface area contributed by atoms with E-state index in [9.17, 15) is 9.59 Å². The summed E-state index contributed by atoms with van der Waals surface area (Å²) >= 11 is 0. The Kier molecular flexibility index (Phi) is 5.49. The number of hydrogen-bond acceptors (Lipinski definition) is 3. The maximum absolute atomic E-state index is 12.6. The van der Waals surface area contributed by atoms with Crippen LogP contribution in [0.5, 0.6) is 5.75 Å². The Morgan fingerprint density at radius 1 is 1.11 bits per heavy atom. The topological polar surface area (TPSA) is 58.6 Å². The highest BCUT2D eigenvalue weighted by Crippen LogP contribution is 2.28. The molecule has 2 aromatic rings. The summed E-state index contributed by atoms with van der Waals surface area (Å²) in [6, 6.07) is 13.4. The number of carbonyl (C=O) groups excluding carboxylic acids is 2. The third-order valence-corrected chi connectivity index (χ3v) is 4.51. The fourth-order valence-corrected chi connectivity index (χ4v) is 3.40. The van der Waals surface area contributed by atoms with Crippen molar-refractivity contribution in [2.75, 3.05) is 16.8 Å². The molecule has 0 bridgehead atoms. The Morgan fingerprint density at radius 2 is 1.74 bits per heavy atom. The van der Waals surface area contributed by atoms with Crippen molar-refractivity contribution in [3.63, 3.8) is 0 Å². The Bertz CT molecular complexity index is 823. The van der Waals surface area contributed by atoms with E-state index in [1.165, 1.54) is 0 Å². The van der Waals surface area contributed by atoms with Crippen molar-refractivity contribution in [2.24, 2.45) is 5.92 Å². The smallest absolute Gasteiger partial charge is 0.229 e. The summed E-state index contributed by atoms with van der Waals surface area (Å²) in [7, 11) is 0. The number of nitrogens with zero attached hydrogens (tertiary/aromatic N) is 1. The van der Waals surface area contributed by atoms with Crippen LogP contribution in [0, 0.1) is 19.8 Å². The van der Waals surface area contributed by atoms with Gasteiger partial charge in [-0.05, 0) is 75.2 Å². The van der Waals surface area contributed by atoms with Crippen LogP contribution in [-0.4, -0.2) is 24.5 Å². The van der Waals surface area contributed by atoms with Crippen LogP contribution in [0.1, 0.15) is 31.4 Å². The lowest BCUT2D eigenvalue weighted by molar-refractivity contribution is -0.122. The number of nitrogens with one attached hydrogen (secondary N) is 1. The van der Waals surface area contributed by atoms with Crippen molar-refractivity contribution >= 4 is 23.2 Å². The molecule has 1 fully saturated rings. The molecule has 1 aliphatic heterocycles. The van der Waals surface area contributed by atoms with Crippen LogP contribution in [0.15, 0.2) is 42.5 Å². The van der Waals surface area contributed by atoms with Crippen molar-refractivity contribution in [3.05, 3.63) is 53.6 Å². The number of ether oxygens (including phenoxy) is 1. The number of aryl methyl sites for hydroxylation is 2. The van der Waals surface area contributed by atoms with Crippen LogP contribution >= 0.6 is 0 Å². The third-order valence-electron chi connectivity index (χ3n) is 4.51. The second kappa shape index (κ2) is 7.82. The van der Waals surface area contributed by atoms with Gasteiger partial charge in [0.1, 0.15) is 5.75 Å². The highest BCUT2D eigenvalue weighted by atomic mass is 16.5. The molecule has 0 aromatic heterocycles. The second-order valence-corrected chi connectivity index (χ2v) is 7.43.